The minimum absolute atomic E-state index is 0.144. The molecule has 2 aliphatic rings. The van der Waals surface area contributed by atoms with Crippen molar-refractivity contribution in [1.29, 1.82) is 0 Å². The molecule has 0 bridgehead atoms. The molecule has 128 valence electrons. The van der Waals surface area contributed by atoms with Crippen LogP contribution < -0.4 is 21.7 Å². The number of amides is 1. The summed E-state index contributed by atoms with van der Waals surface area (Å²) in [5, 5.41) is 10.2. The summed E-state index contributed by atoms with van der Waals surface area (Å²) in [4.78, 5) is 14.7. The van der Waals surface area contributed by atoms with Crippen molar-refractivity contribution in [2.75, 3.05) is 52.4 Å². The van der Waals surface area contributed by atoms with Crippen LogP contribution in [0.5, 0.6) is 0 Å². The lowest BCUT2D eigenvalue weighted by Crippen LogP contribution is -2.52. The van der Waals surface area contributed by atoms with Gasteiger partial charge in [0, 0.05) is 52.4 Å². The Kier molecular flexibility index (Phi) is 8.15. The van der Waals surface area contributed by atoms with Gasteiger partial charge in [-0.1, -0.05) is 19.3 Å². The first-order chi connectivity index (χ1) is 10.8. The van der Waals surface area contributed by atoms with E-state index in [9.17, 15) is 4.79 Å². The van der Waals surface area contributed by atoms with Crippen LogP contribution in [0.4, 0.5) is 0 Å². The Morgan fingerprint density at radius 1 is 0.864 bits per heavy atom. The molecule has 1 saturated carbocycles. The zero-order valence-corrected chi connectivity index (χ0v) is 13.8. The molecule has 1 heterocycles. The normalized spacial score (nSPS) is 25.0. The number of carbonyl (C=O) groups is 1. The fourth-order valence-electron chi connectivity index (χ4n) is 3.39. The second kappa shape index (κ2) is 10.2. The van der Waals surface area contributed by atoms with Gasteiger partial charge in [0.25, 0.3) is 0 Å². The molecule has 0 aromatic heterocycles. The largest absolute Gasteiger partial charge is 0.339 e. The summed E-state index contributed by atoms with van der Waals surface area (Å²) in [6, 6.07) is -0.310. The first-order valence-corrected chi connectivity index (χ1v) is 8.95. The van der Waals surface area contributed by atoms with Crippen molar-refractivity contribution in [3.05, 3.63) is 0 Å². The number of nitrogens with zero attached hydrogens (tertiary/aromatic N) is 1. The fourth-order valence-corrected chi connectivity index (χ4v) is 3.39. The molecule has 0 spiro atoms. The standard InChI is InChI=1S/C16H33N5O/c17-15(14-4-2-1-3-5-14)16(22)21-12-10-19-8-6-18-7-9-20-11-13-21/h14-15,18-20H,1-13,17H2/t15-/m0/s1. The van der Waals surface area contributed by atoms with Crippen LogP contribution in [0, 0.1) is 5.92 Å². The molecule has 1 amide bonds. The molecule has 0 unspecified atom stereocenters. The Labute approximate surface area is 134 Å². The molecule has 2 rings (SSSR count). The summed E-state index contributed by atoms with van der Waals surface area (Å²) in [7, 11) is 0. The first kappa shape index (κ1) is 17.7. The van der Waals surface area contributed by atoms with Crippen LogP contribution in [0.2, 0.25) is 0 Å². The zero-order chi connectivity index (χ0) is 15.6. The van der Waals surface area contributed by atoms with Gasteiger partial charge in [0.15, 0.2) is 0 Å². The van der Waals surface area contributed by atoms with E-state index in [1.807, 2.05) is 4.90 Å². The highest BCUT2D eigenvalue weighted by atomic mass is 16.2. The molecule has 6 heteroatoms. The summed E-state index contributed by atoms with van der Waals surface area (Å²) in [6.45, 7) is 7.00. The van der Waals surface area contributed by atoms with E-state index in [-0.39, 0.29) is 11.9 Å². The Hall–Kier alpha value is -0.690. The van der Waals surface area contributed by atoms with Crippen LogP contribution >= 0.6 is 0 Å². The lowest BCUT2D eigenvalue weighted by molar-refractivity contribution is -0.134. The summed E-state index contributed by atoms with van der Waals surface area (Å²) in [6.07, 6.45) is 5.97. The molecular formula is C16H33N5O. The van der Waals surface area contributed by atoms with Gasteiger partial charge in [-0.25, -0.2) is 0 Å². The first-order valence-electron chi connectivity index (χ1n) is 8.95. The van der Waals surface area contributed by atoms with E-state index in [1.54, 1.807) is 0 Å². The van der Waals surface area contributed by atoms with Gasteiger partial charge in [0.05, 0.1) is 6.04 Å². The minimum Gasteiger partial charge on any atom is -0.339 e. The fraction of sp³-hybridized carbons (Fsp3) is 0.938. The maximum atomic E-state index is 12.7. The molecule has 5 N–H and O–H groups in total. The third-order valence-electron chi connectivity index (χ3n) is 4.83. The summed E-state index contributed by atoms with van der Waals surface area (Å²) >= 11 is 0. The van der Waals surface area contributed by atoms with E-state index in [2.05, 4.69) is 16.0 Å². The molecule has 1 atom stereocenters. The highest BCUT2D eigenvalue weighted by molar-refractivity contribution is 5.82. The maximum absolute atomic E-state index is 12.7. The van der Waals surface area contributed by atoms with Crippen LogP contribution in [0.25, 0.3) is 0 Å². The van der Waals surface area contributed by atoms with Gasteiger partial charge >= 0.3 is 0 Å². The molecule has 22 heavy (non-hydrogen) atoms. The van der Waals surface area contributed by atoms with Crippen molar-refractivity contribution in [1.82, 2.24) is 20.9 Å². The molecule has 2 fully saturated rings. The van der Waals surface area contributed by atoms with Crippen molar-refractivity contribution < 1.29 is 4.79 Å². The summed E-state index contributed by atoms with van der Waals surface area (Å²) in [5.41, 5.74) is 6.30. The molecule has 1 saturated heterocycles. The Bertz CT molecular complexity index is 308. The van der Waals surface area contributed by atoms with E-state index < -0.39 is 0 Å². The van der Waals surface area contributed by atoms with Crippen molar-refractivity contribution in [3.63, 3.8) is 0 Å². The number of nitrogens with two attached hydrogens (primary N) is 1. The van der Waals surface area contributed by atoms with Gasteiger partial charge in [-0.15, -0.1) is 0 Å². The molecule has 0 aromatic carbocycles. The average molecular weight is 311 g/mol. The number of hydrogen-bond acceptors (Lipinski definition) is 5. The van der Waals surface area contributed by atoms with Gasteiger partial charge in [0.2, 0.25) is 5.91 Å². The highest BCUT2D eigenvalue weighted by Crippen LogP contribution is 2.26. The molecule has 0 aromatic rings. The smallest absolute Gasteiger partial charge is 0.239 e. The molecular weight excluding hydrogens is 278 g/mol. The number of nitrogens with one attached hydrogen (secondary N) is 3. The second-order valence-electron chi connectivity index (χ2n) is 6.50. The van der Waals surface area contributed by atoms with E-state index in [1.165, 1.54) is 19.3 Å². The van der Waals surface area contributed by atoms with Crippen LogP contribution in [0.1, 0.15) is 32.1 Å². The van der Waals surface area contributed by atoms with Crippen molar-refractivity contribution in [3.8, 4) is 0 Å². The maximum Gasteiger partial charge on any atom is 0.239 e. The number of rotatable bonds is 2. The van der Waals surface area contributed by atoms with E-state index in [0.717, 1.165) is 65.2 Å². The number of carbonyl (C=O) groups excluding carboxylic acids is 1. The molecule has 0 radical (unpaired) electrons. The van der Waals surface area contributed by atoms with Crippen LogP contribution in [-0.4, -0.2) is 69.2 Å². The second-order valence-corrected chi connectivity index (χ2v) is 6.50. The number of hydrogen-bond donors (Lipinski definition) is 4. The zero-order valence-electron chi connectivity index (χ0n) is 13.8. The summed E-state index contributed by atoms with van der Waals surface area (Å²) in [5.74, 6) is 0.526. The Balaban J connectivity index is 1.85. The molecule has 1 aliphatic heterocycles. The van der Waals surface area contributed by atoms with Crippen molar-refractivity contribution in [2.24, 2.45) is 11.7 Å². The van der Waals surface area contributed by atoms with Gasteiger partial charge in [0.1, 0.15) is 0 Å². The van der Waals surface area contributed by atoms with Gasteiger partial charge in [-0.3, -0.25) is 4.79 Å². The lowest BCUT2D eigenvalue weighted by atomic mass is 9.84. The SMILES string of the molecule is N[C@H](C(=O)N1CCNCCNCCNCC1)C1CCCCC1. The third kappa shape index (κ3) is 5.83. The van der Waals surface area contributed by atoms with Gasteiger partial charge in [-0.2, -0.15) is 0 Å². The van der Waals surface area contributed by atoms with Gasteiger partial charge < -0.3 is 26.6 Å². The predicted octanol–water partition coefficient (Wildman–Crippen LogP) is -0.495. The van der Waals surface area contributed by atoms with E-state index >= 15 is 0 Å². The van der Waals surface area contributed by atoms with E-state index in [4.69, 9.17) is 5.73 Å². The molecule has 1 aliphatic carbocycles. The monoisotopic (exact) mass is 311 g/mol. The minimum atomic E-state index is -0.310. The van der Waals surface area contributed by atoms with Crippen LogP contribution in [-0.2, 0) is 4.79 Å². The van der Waals surface area contributed by atoms with E-state index in [0.29, 0.717) is 5.92 Å². The van der Waals surface area contributed by atoms with Crippen LogP contribution in [0.15, 0.2) is 0 Å². The summed E-state index contributed by atoms with van der Waals surface area (Å²) < 4.78 is 0. The van der Waals surface area contributed by atoms with Crippen molar-refractivity contribution >= 4 is 5.91 Å². The van der Waals surface area contributed by atoms with Gasteiger partial charge in [-0.05, 0) is 18.8 Å². The van der Waals surface area contributed by atoms with Crippen molar-refractivity contribution in [2.45, 2.75) is 38.1 Å². The van der Waals surface area contributed by atoms with Crippen LogP contribution in [0.3, 0.4) is 0 Å². The quantitative estimate of drug-likeness (QED) is 0.553. The Morgan fingerprint density at radius 3 is 1.91 bits per heavy atom. The third-order valence-corrected chi connectivity index (χ3v) is 4.83. The molecule has 6 nitrogen and oxygen atoms in total. The average Bonchev–Trinajstić information content (AvgIpc) is 2.55. The lowest BCUT2D eigenvalue weighted by Gasteiger charge is -2.32. The predicted molar refractivity (Wildman–Crippen MR) is 89.7 cm³/mol. The topological polar surface area (TPSA) is 82.4 Å². The Morgan fingerprint density at radius 2 is 1.36 bits per heavy atom. The highest BCUT2D eigenvalue weighted by Gasteiger charge is 2.29.